The van der Waals surface area contributed by atoms with Gasteiger partial charge in [0, 0.05) is 7.05 Å². The zero-order valence-corrected chi connectivity index (χ0v) is 16.3. The minimum atomic E-state index is -0.0956. The highest BCUT2D eigenvalue weighted by Crippen LogP contribution is 2.21. The van der Waals surface area contributed by atoms with E-state index in [2.05, 4.69) is 10.1 Å². The minimum Gasteiger partial charge on any atom is -0.494 e. The van der Waals surface area contributed by atoms with E-state index in [0.717, 1.165) is 17.0 Å². The highest BCUT2D eigenvalue weighted by atomic mass is 16.5. The predicted octanol–water partition coefficient (Wildman–Crippen LogP) is 3.26. The van der Waals surface area contributed by atoms with Gasteiger partial charge in [-0.05, 0) is 55.8 Å². The normalized spacial score (nSPS) is 11.7. The van der Waals surface area contributed by atoms with Crippen LogP contribution in [0.3, 0.4) is 0 Å². The van der Waals surface area contributed by atoms with Crippen molar-refractivity contribution in [3.05, 3.63) is 66.7 Å². The second-order valence-corrected chi connectivity index (χ2v) is 6.31. The zero-order valence-electron chi connectivity index (χ0n) is 16.3. The third-order valence-electron chi connectivity index (χ3n) is 4.53. The Labute approximate surface area is 164 Å². The van der Waals surface area contributed by atoms with Gasteiger partial charge in [-0.15, -0.1) is 0 Å². The minimum absolute atomic E-state index is 0.0220. The molecular formula is C21H24N4O3. The summed E-state index contributed by atoms with van der Waals surface area (Å²) in [7, 11) is 1.78. The Bertz CT molecular complexity index is 877. The van der Waals surface area contributed by atoms with Crippen molar-refractivity contribution in [2.45, 2.75) is 19.9 Å². The van der Waals surface area contributed by atoms with Crippen LogP contribution in [0.25, 0.3) is 5.69 Å². The Balaban J connectivity index is 1.56. The Morgan fingerprint density at radius 3 is 2.29 bits per heavy atom. The standard InChI is InChI=1S/C21H24N4O3/c1-4-27-19-9-11-20(12-10-19)28-13-21(26)24(3)16(2)17-5-7-18(8-6-17)25-15-22-14-23-25/h5-12,14-16H,4,13H2,1-3H3/t16-/m0/s1. The van der Waals surface area contributed by atoms with Gasteiger partial charge in [-0.25, -0.2) is 9.67 Å². The first-order valence-corrected chi connectivity index (χ1v) is 9.14. The lowest BCUT2D eigenvalue weighted by atomic mass is 10.1. The van der Waals surface area contributed by atoms with E-state index < -0.39 is 0 Å². The van der Waals surface area contributed by atoms with Crippen LogP contribution in [-0.2, 0) is 4.79 Å². The molecule has 1 aromatic heterocycles. The van der Waals surface area contributed by atoms with Gasteiger partial charge in [0.1, 0.15) is 24.2 Å². The summed E-state index contributed by atoms with van der Waals surface area (Å²) in [5.41, 5.74) is 1.95. The third-order valence-corrected chi connectivity index (χ3v) is 4.53. The van der Waals surface area contributed by atoms with E-state index in [-0.39, 0.29) is 18.6 Å². The van der Waals surface area contributed by atoms with Crippen molar-refractivity contribution in [2.24, 2.45) is 0 Å². The molecule has 0 spiro atoms. The molecule has 1 atom stereocenters. The smallest absolute Gasteiger partial charge is 0.260 e. The first kappa shape index (κ1) is 19.4. The van der Waals surface area contributed by atoms with Gasteiger partial charge in [0.05, 0.1) is 18.3 Å². The van der Waals surface area contributed by atoms with Crippen LogP contribution in [-0.4, -0.2) is 45.8 Å². The van der Waals surface area contributed by atoms with Gasteiger partial charge in [-0.2, -0.15) is 5.10 Å². The van der Waals surface area contributed by atoms with Gasteiger partial charge < -0.3 is 14.4 Å². The van der Waals surface area contributed by atoms with E-state index in [1.165, 1.54) is 6.33 Å². The molecule has 0 saturated carbocycles. The molecule has 7 nitrogen and oxygen atoms in total. The molecule has 0 fully saturated rings. The molecule has 0 saturated heterocycles. The largest absolute Gasteiger partial charge is 0.494 e. The molecule has 0 N–H and O–H groups in total. The van der Waals surface area contributed by atoms with Crippen molar-refractivity contribution in [3.63, 3.8) is 0 Å². The number of carbonyl (C=O) groups excluding carboxylic acids is 1. The molecule has 0 aliphatic carbocycles. The van der Waals surface area contributed by atoms with Gasteiger partial charge in [0.2, 0.25) is 0 Å². The fourth-order valence-corrected chi connectivity index (χ4v) is 2.73. The number of likely N-dealkylation sites (N-methyl/N-ethyl adjacent to an activating group) is 1. The number of carbonyl (C=O) groups is 1. The number of hydrogen-bond donors (Lipinski definition) is 0. The van der Waals surface area contributed by atoms with Crippen molar-refractivity contribution in [3.8, 4) is 17.2 Å². The van der Waals surface area contributed by atoms with Gasteiger partial charge >= 0.3 is 0 Å². The molecule has 28 heavy (non-hydrogen) atoms. The van der Waals surface area contributed by atoms with Crippen molar-refractivity contribution < 1.29 is 14.3 Å². The van der Waals surface area contributed by atoms with E-state index in [1.54, 1.807) is 35.1 Å². The maximum absolute atomic E-state index is 12.5. The maximum Gasteiger partial charge on any atom is 0.260 e. The van der Waals surface area contributed by atoms with Gasteiger partial charge in [0.15, 0.2) is 6.61 Å². The summed E-state index contributed by atoms with van der Waals surface area (Å²) in [6, 6.07) is 15.0. The summed E-state index contributed by atoms with van der Waals surface area (Å²) in [5.74, 6) is 1.32. The summed E-state index contributed by atoms with van der Waals surface area (Å²) in [6.45, 7) is 4.51. The Kier molecular flexibility index (Phi) is 6.26. The number of nitrogens with zero attached hydrogens (tertiary/aromatic N) is 4. The first-order chi connectivity index (χ1) is 13.6. The summed E-state index contributed by atoms with van der Waals surface area (Å²) in [6.07, 6.45) is 3.14. The first-order valence-electron chi connectivity index (χ1n) is 9.14. The Hall–Kier alpha value is -3.35. The van der Waals surface area contributed by atoms with Crippen LogP contribution in [0.1, 0.15) is 25.5 Å². The average Bonchev–Trinajstić information content (AvgIpc) is 3.27. The molecule has 0 aliphatic heterocycles. The average molecular weight is 380 g/mol. The van der Waals surface area contributed by atoms with Crippen molar-refractivity contribution in [1.29, 1.82) is 0 Å². The number of hydrogen-bond acceptors (Lipinski definition) is 5. The quantitative estimate of drug-likeness (QED) is 0.600. The number of ether oxygens (including phenoxy) is 2. The van der Waals surface area contributed by atoms with Crippen LogP contribution in [0.4, 0.5) is 0 Å². The van der Waals surface area contributed by atoms with Crippen molar-refractivity contribution >= 4 is 5.91 Å². The highest BCUT2D eigenvalue weighted by Gasteiger charge is 2.18. The van der Waals surface area contributed by atoms with Crippen LogP contribution >= 0.6 is 0 Å². The molecule has 2 aromatic carbocycles. The fourth-order valence-electron chi connectivity index (χ4n) is 2.73. The molecule has 3 aromatic rings. The molecule has 0 aliphatic rings. The predicted molar refractivity (Wildman–Crippen MR) is 106 cm³/mol. The summed E-state index contributed by atoms with van der Waals surface area (Å²) in [4.78, 5) is 18.1. The lowest BCUT2D eigenvalue weighted by molar-refractivity contribution is -0.134. The molecular weight excluding hydrogens is 356 g/mol. The lowest BCUT2D eigenvalue weighted by Crippen LogP contribution is -2.33. The lowest BCUT2D eigenvalue weighted by Gasteiger charge is -2.25. The number of aromatic nitrogens is 3. The monoisotopic (exact) mass is 380 g/mol. The zero-order chi connectivity index (χ0) is 19.9. The van der Waals surface area contributed by atoms with E-state index in [4.69, 9.17) is 9.47 Å². The SMILES string of the molecule is CCOc1ccc(OCC(=O)N(C)[C@@H](C)c2ccc(-n3cncn3)cc2)cc1. The molecule has 1 amide bonds. The van der Waals surface area contributed by atoms with Gasteiger partial charge in [0.25, 0.3) is 5.91 Å². The third kappa shape index (κ3) is 4.68. The van der Waals surface area contributed by atoms with Crippen LogP contribution in [0.15, 0.2) is 61.2 Å². The number of rotatable bonds is 8. The number of benzene rings is 2. The second-order valence-electron chi connectivity index (χ2n) is 6.31. The topological polar surface area (TPSA) is 69.5 Å². The molecule has 146 valence electrons. The summed E-state index contributed by atoms with van der Waals surface area (Å²) < 4.78 is 12.7. The summed E-state index contributed by atoms with van der Waals surface area (Å²) in [5, 5.41) is 4.11. The molecule has 0 bridgehead atoms. The Morgan fingerprint density at radius 2 is 1.71 bits per heavy atom. The second kappa shape index (κ2) is 9.03. The molecule has 0 radical (unpaired) electrons. The van der Waals surface area contributed by atoms with Crippen LogP contribution in [0.2, 0.25) is 0 Å². The molecule has 0 unspecified atom stereocenters. The fraction of sp³-hybridized carbons (Fsp3) is 0.286. The molecule has 1 heterocycles. The highest BCUT2D eigenvalue weighted by molar-refractivity contribution is 5.78. The van der Waals surface area contributed by atoms with Crippen LogP contribution < -0.4 is 9.47 Å². The Morgan fingerprint density at radius 1 is 1.07 bits per heavy atom. The van der Waals surface area contributed by atoms with E-state index >= 15 is 0 Å². The molecule has 7 heteroatoms. The van der Waals surface area contributed by atoms with Crippen LogP contribution in [0, 0.1) is 0 Å². The molecule has 3 rings (SSSR count). The van der Waals surface area contributed by atoms with Crippen molar-refractivity contribution in [2.75, 3.05) is 20.3 Å². The van der Waals surface area contributed by atoms with E-state index in [9.17, 15) is 4.79 Å². The van der Waals surface area contributed by atoms with E-state index in [0.29, 0.717) is 12.4 Å². The maximum atomic E-state index is 12.5. The van der Waals surface area contributed by atoms with Crippen LogP contribution in [0.5, 0.6) is 11.5 Å². The van der Waals surface area contributed by atoms with Gasteiger partial charge in [-0.1, -0.05) is 12.1 Å². The van der Waals surface area contributed by atoms with Gasteiger partial charge in [-0.3, -0.25) is 4.79 Å². The number of amides is 1. The van der Waals surface area contributed by atoms with Crippen molar-refractivity contribution in [1.82, 2.24) is 19.7 Å². The van der Waals surface area contributed by atoms with E-state index in [1.807, 2.05) is 50.2 Å². The summed E-state index contributed by atoms with van der Waals surface area (Å²) >= 11 is 0.